The van der Waals surface area contributed by atoms with Crippen LogP contribution in [0.2, 0.25) is 0 Å². The molecule has 2 N–H and O–H groups in total. The number of hydrazone groups is 1. The zero-order chi connectivity index (χ0) is 11.9. The van der Waals surface area contributed by atoms with Crippen molar-refractivity contribution in [2.75, 3.05) is 0 Å². The lowest BCUT2D eigenvalue weighted by molar-refractivity contribution is 0.475. The zero-order valence-corrected chi connectivity index (χ0v) is 9.24. The van der Waals surface area contributed by atoms with Gasteiger partial charge in [0.25, 0.3) is 0 Å². The number of hydrogen-bond acceptors (Lipinski definition) is 4. The van der Waals surface area contributed by atoms with Gasteiger partial charge < -0.3 is 10.5 Å². The van der Waals surface area contributed by atoms with E-state index in [0.29, 0.717) is 6.54 Å². The number of hydrogen-bond donors (Lipinski definition) is 2. The second-order valence-corrected chi connectivity index (χ2v) is 3.54. The summed E-state index contributed by atoms with van der Waals surface area (Å²) >= 11 is 0. The minimum atomic E-state index is 0.256. The molecule has 0 radical (unpaired) electrons. The number of rotatable bonds is 4. The molecule has 0 unspecified atom stereocenters. The lowest BCUT2D eigenvalue weighted by atomic mass is 10.2. The van der Waals surface area contributed by atoms with E-state index in [4.69, 9.17) is 5.11 Å². The number of phenolic OH excluding ortho intramolecular Hbond substituents is 1. The Bertz CT molecular complexity index is 480. The van der Waals surface area contributed by atoms with E-state index in [1.54, 1.807) is 42.9 Å². The van der Waals surface area contributed by atoms with Crippen molar-refractivity contribution in [2.45, 2.75) is 6.54 Å². The summed E-state index contributed by atoms with van der Waals surface area (Å²) < 4.78 is 0. The highest BCUT2D eigenvalue weighted by molar-refractivity contribution is 5.79. The molecule has 86 valence electrons. The third-order valence-corrected chi connectivity index (χ3v) is 2.23. The van der Waals surface area contributed by atoms with Crippen LogP contribution in [0.25, 0.3) is 0 Å². The van der Waals surface area contributed by atoms with E-state index < -0.39 is 0 Å². The average Bonchev–Trinajstić information content (AvgIpc) is 2.38. The van der Waals surface area contributed by atoms with Crippen molar-refractivity contribution in [3.05, 3.63) is 59.9 Å². The highest BCUT2D eigenvalue weighted by Gasteiger charge is 1.89. The first-order chi connectivity index (χ1) is 8.34. The van der Waals surface area contributed by atoms with Crippen molar-refractivity contribution in [2.24, 2.45) is 5.10 Å². The highest BCUT2D eigenvalue weighted by atomic mass is 16.3. The molecule has 0 fully saturated rings. The van der Waals surface area contributed by atoms with Gasteiger partial charge in [0, 0.05) is 12.4 Å². The van der Waals surface area contributed by atoms with E-state index in [9.17, 15) is 0 Å². The molecular formula is C13H13N3O. The normalized spacial score (nSPS) is 10.6. The molecule has 4 nitrogen and oxygen atoms in total. The zero-order valence-electron chi connectivity index (χ0n) is 9.24. The number of pyridine rings is 1. The third kappa shape index (κ3) is 3.61. The van der Waals surface area contributed by atoms with Gasteiger partial charge in [-0.25, -0.2) is 0 Å². The first-order valence-electron chi connectivity index (χ1n) is 5.28. The monoisotopic (exact) mass is 227 g/mol. The van der Waals surface area contributed by atoms with Crippen molar-refractivity contribution in [3.63, 3.8) is 0 Å². The van der Waals surface area contributed by atoms with Crippen molar-refractivity contribution >= 4 is 6.21 Å². The fourth-order valence-electron chi connectivity index (χ4n) is 1.32. The van der Waals surface area contributed by atoms with Crippen LogP contribution >= 0.6 is 0 Å². The first kappa shape index (κ1) is 11.1. The van der Waals surface area contributed by atoms with Crippen LogP contribution in [0.15, 0.2) is 53.9 Å². The van der Waals surface area contributed by atoms with Gasteiger partial charge in [-0.3, -0.25) is 4.98 Å². The molecule has 0 aliphatic heterocycles. The molecule has 0 aliphatic carbocycles. The van der Waals surface area contributed by atoms with E-state index in [1.807, 2.05) is 12.1 Å². The van der Waals surface area contributed by atoms with Gasteiger partial charge in [-0.05, 0) is 47.5 Å². The van der Waals surface area contributed by atoms with Crippen molar-refractivity contribution in [1.29, 1.82) is 0 Å². The predicted molar refractivity (Wildman–Crippen MR) is 66.8 cm³/mol. The summed E-state index contributed by atoms with van der Waals surface area (Å²) in [4.78, 5) is 3.94. The smallest absolute Gasteiger partial charge is 0.115 e. The van der Waals surface area contributed by atoms with E-state index in [1.165, 1.54) is 0 Å². The van der Waals surface area contributed by atoms with Gasteiger partial charge >= 0.3 is 0 Å². The third-order valence-electron chi connectivity index (χ3n) is 2.23. The summed E-state index contributed by atoms with van der Waals surface area (Å²) in [7, 11) is 0. The summed E-state index contributed by atoms with van der Waals surface area (Å²) in [5, 5.41) is 13.2. The van der Waals surface area contributed by atoms with Crippen molar-refractivity contribution in [3.8, 4) is 5.75 Å². The summed E-state index contributed by atoms with van der Waals surface area (Å²) in [5.41, 5.74) is 5.01. The number of aromatic nitrogens is 1. The minimum absolute atomic E-state index is 0.256. The topological polar surface area (TPSA) is 57.5 Å². The molecule has 17 heavy (non-hydrogen) atoms. The molecule has 4 heteroatoms. The number of aromatic hydroxyl groups is 1. The van der Waals surface area contributed by atoms with E-state index >= 15 is 0 Å². The fourth-order valence-corrected chi connectivity index (χ4v) is 1.32. The van der Waals surface area contributed by atoms with E-state index in [0.717, 1.165) is 11.1 Å². The van der Waals surface area contributed by atoms with Crippen LogP contribution in [0.3, 0.4) is 0 Å². The highest BCUT2D eigenvalue weighted by Crippen LogP contribution is 2.07. The van der Waals surface area contributed by atoms with E-state index in [2.05, 4.69) is 15.5 Å². The molecule has 1 heterocycles. The van der Waals surface area contributed by atoms with Crippen LogP contribution in [0.5, 0.6) is 5.75 Å². The lowest BCUT2D eigenvalue weighted by Crippen LogP contribution is -2.05. The molecule has 1 aromatic heterocycles. The van der Waals surface area contributed by atoms with Gasteiger partial charge in [-0.1, -0.05) is 0 Å². The lowest BCUT2D eigenvalue weighted by Gasteiger charge is -1.99. The molecular weight excluding hydrogens is 214 g/mol. The Morgan fingerprint density at radius 1 is 1.12 bits per heavy atom. The van der Waals surface area contributed by atoms with Crippen LogP contribution in [0.1, 0.15) is 11.1 Å². The van der Waals surface area contributed by atoms with Gasteiger partial charge in [0.2, 0.25) is 0 Å². The molecule has 0 atom stereocenters. The number of phenols is 1. The second-order valence-electron chi connectivity index (χ2n) is 3.54. The molecule has 2 rings (SSSR count). The Kier molecular flexibility index (Phi) is 3.70. The number of benzene rings is 1. The molecule has 0 spiro atoms. The molecule has 1 aromatic carbocycles. The second kappa shape index (κ2) is 5.65. The average molecular weight is 227 g/mol. The van der Waals surface area contributed by atoms with Crippen LogP contribution in [0.4, 0.5) is 0 Å². The molecule has 0 aliphatic rings. The van der Waals surface area contributed by atoms with Gasteiger partial charge in [0.15, 0.2) is 0 Å². The standard InChI is InChI=1S/C13H13N3O/c17-13-3-1-11(2-4-13)9-15-16-10-12-5-7-14-8-6-12/h1-9,16-17H,10H2. The Hall–Kier alpha value is -2.36. The SMILES string of the molecule is Oc1ccc(C=NNCc2ccncc2)cc1. The summed E-state index contributed by atoms with van der Waals surface area (Å²) in [6, 6.07) is 10.7. The van der Waals surface area contributed by atoms with Crippen LogP contribution in [-0.4, -0.2) is 16.3 Å². The number of nitrogens with one attached hydrogen (secondary N) is 1. The fraction of sp³-hybridized carbons (Fsp3) is 0.0769. The first-order valence-corrected chi connectivity index (χ1v) is 5.28. The molecule has 0 bridgehead atoms. The van der Waals surface area contributed by atoms with Crippen LogP contribution < -0.4 is 5.43 Å². The number of nitrogens with zero attached hydrogens (tertiary/aromatic N) is 2. The van der Waals surface area contributed by atoms with Gasteiger partial charge in [-0.2, -0.15) is 5.10 Å². The predicted octanol–water partition coefficient (Wildman–Crippen LogP) is 1.91. The maximum atomic E-state index is 9.11. The quantitative estimate of drug-likeness (QED) is 0.619. The molecule has 0 saturated carbocycles. The summed E-state index contributed by atoms with van der Waals surface area (Å²) in [6.45, 7) is 0.664. The maximum Gasteiger partial charge on any atom is 0.115 e. The van der Waals surface area contributed by atoms with Crippen LogP contribution in [-0.2, 0) is 6.54 Å². The van der Waals surface area contributed by atoms with Gasteiger partial charge in [0.1, 0.15) is 5.75 Å². The van der Waals surface area contributed by atoms with Crippen LogP contribution in [0, 0.1) is 0 Å². The van der Waals surface area contributed by atoms with Crippen molar-refractivity contribution < 1.29 is 5.11 Å². The summed E-state index contributed by atoms with van der Waals surface area (Å²) in [6.07, 6.45) is 5.21. The maximum absolute atomic E-state index is 9.11. The van der Waals surface area contributed by atoms with Gasteiger partial charge in [-0.15, -0.1) is 0 Å². The Morgan fingerprint density at radius 3 is 2.53 bits per heavy atom. The molecule has 0 amide bonds. The van der Waals surface area contributed by atoms with Gasteiger partial charge in [0.05, 0.1) is 12.8 Å². The van der Waals surface area contributed by atoms with E-state index in [-0.39, 0.29) is 5.75 Å². The largest absolute Gasteiger partial charge is 0.508 e. The Morgan fingerprint density at radius 2 is 1.82 bits per heavy atom. The molecule has 2 aromatic rings. The molecule has 0 saturated heterocycles. The summed E-state index contributed by atoms with van der Waals surface area (Å²) in [5.74, 6) is 0.256. The minimum Gasteiger partial charge on any atom is -0.508 e. The van der Waals surface area contributed by atoms with Crippen molar-refractivity contribution in [1.82, 2.24) is 10.4 Å². The Balaban J connectivity index is 1.84. The Labute approximate surface area is 99.6 Å².